The van der Waals surface area contributed by atoms with Gasteiger partial charge in [0.1, 0.15) is 11.5 Å². The van der Waals surface area contributed by atoms with Crippen LogP contribution in [-0.4, -0.2) is 15.8 Å². The number of rotatable bonds is 3. The molecule has 5 heteroatoms. The molecule has 0 aliphatic carbocycles. The summed E-state index contributed by atoms with van der Waals surface area (Å²) in [6.07, 6.45) is 3.80. The Morgan fingerprint density at radius 1 is 1.50 bits per heavy atom. The first-order valence-electron chi connectivity index (χ1n) is 4.60. The SMILES string of the molecule is O=Cc1cn(Cc2ccc(F)cc2Cl)cn1. The standard InChI is InChI=1S/C11H8ClFN2O/c12-11-3-9(13)2-1-8(11)4-15-5-10(6-16)14-7-15/h1-3,5-7H,4H2. The Bertz CT molecular complexity index is 524. The molecule has 0 aliphatic rings. The van der Waals surface area contributed by atoms with Crippen molar-refractivity contribution in [2.24, 2.45) is 0 Å². The van der Waals surface area contributed by atoms with Crippen molar-refractivity contribution in [3.05, 3.63) is 52.8 Å². The normalized spacial score (nSPS) is 10.4. The molecule has 1 aromatic heterocycles. The van der Waals surface area contributed by atoms with E-state index in [1.54, 1.807) is 16.8 Å². The zero-order chi connectivity index (χ0) is 11.5. The van der Waals surface area contributed by atoms with Crippen LogP contribution in [0.4, 0.5) is 4.39 Å². The van der Waals surface area contributed by atoms with E-state index in [0.29, 0.717) is 23.5 Å². The van der Waals surface area contributed by atoms with Crippen LogP contribution in [0.5, 0.6) is 0 Å². The van der Waals surface area contributed by atoms with E-state index in [4.69, 9.17) is 11.6 Å². The molecule has 2 aromatic rings. The van der Waals surface area contributed by atoms with E-state index in [2.05, 4.69) is 4.98 Å². The van der Waals surface area contributed by atoms with Crippen LogP contribution in [0.3, 0.4) is 0 Å². The van der Waals surface area contributed by atoms with Crippen molar-refractivity contribution in [2.75, 3.05) is 0 Å². The number of nitrogens with zero attached hydrogens (tertiary/aromatic N) is 2. The monoisotopic (exact) mass is 238 g/mol. The molecule has 0 N–H and O–H groups in total. The van der Waals surface area contributed by atoms with E-state index in [1.807, 2.05) is 0 Å². The molecule has 0 amide bonds. The largest absolute Gasteiger partial charge is 0.332 e. The Morgan fingerprint density at radius 3 is 2.94 bits per heavy atom. The molecule has 0 aliphatic heterocycles. The summed E-state index contributed by atoms with van der Waals surface area (Å²) in [6, 6.07) is 4.21. The van der Waals surface area contributed by atoms with Crippen molar-refractivity contribution in [1.29, 1.82) is 0 Å². The molecule has 0 radical (unpaired) electrons. The number of carbonyl (C=O) groups is 1. The number of benzene rings is 1. The van der Waals surface area contributed by atoms with Crippen LogP contribution in [0.1, 0.15) is 16.1 Å². The molecule has 0 bridgehead atoms. The second kappa shape index (κ2) is 4.45. The lowest BCUT2D eigenvalue weighted by atomic mass is 10.2. The summed E-state index contributed by atoms with van der Waals surface area (Å²) in [5, 5.41) is 0.362. The maximum atomic E-state index is 12.8. The number of carbonyl (C=O) groups excluding carboxylic acids is 1. The highest BCUT2D eigenvalue weighted by Crippen LogP contribution is 2.18. The summed E-state index contributed by atoms with van der Waals surface area (Å²) >= 11 is 5.88. The highest BCUT2D eigenvalue weighted by atomic mass is 35.5. The van der Waals surface area contributed by atoms with Crippen LogP contribution in [0, 0.1) is 5.82 Å². The number of aldehydes is 1. The predicted octanol–water partition coefficient (Wildman–Crippen LogP) is 2.54. The third kappa shape index (κ3) is 2.28. The first-order chi connectivity index (χ1) is 7.69. The maximum Gasteiger partial charge on any atom is 0.169 e. The van der Waals surface area contributed by atoms with Crippen LogP contribution in [0.15, 0.2) is 30.7 Å². The second-order valence-corrected chi connectivity index (χ2v) is 3.73. The van der Waals surface area contributed by atoms with Gasteiger partial charge in [-0.25, -0.2) is 9.37 Å². The Balaban J connectivity index is 2.23. The third-order valence-corrected chi connectivity index (χ3v) is 2.49. The number of aromatic nitrogens is 2. The lowest BCUT2D eigenvalue weighted by Gasteiger charge is -2.04. The van der Waals surface area contributed by atoms with Crippen molar-refractivity contribution in [1.82, 2.24) is 9.55 Å². The first-order valence-corrected chi connectivity index (χ1v) is 4.97. The summed E-state index contributed by atoms with van der Waals surface area (Å²) in [5.41, 5.74) is 1.14. The number of hydrogen-bond donors (Lipinski definition) is 0. The van der Waals surface area contributed by atoms with Crippen molar-refractivity contribution < 1.29 is 9.18 Å². The van der Waals surface area contributed by atoms with E-state index in [-0.39, 0.29) is 5.82 Å². The van der Waals surface area contributed by atoms with Gasteiger partial charge in [0, 0.05) is 17.8 Å². The molecular weight excluding hydrogens is 231 g/mol. The van der Waals surface area contributed by atoms with Gasteiger partial charge in [-0.2, -0.15) is 0 Å². The summed E-state index contributed by atoms with van der Waals surface area (Å²) in [5.74, 6) is -0.368. The summed E-state index contributed by atoms with van der Waals surface area (Å²) < 4.78 is 14.5. The van der Waals surface area contributed by atoms with Crippen molar-refractivity contribution >= 4 is 17.9 Å². The highest BCUT2D eigenvalue weighted by Gasteiger charge is 2.03. The van der Waals surface area contributed by atoms with Gasteiger partial charge >= 0.3 is 0 Å². The minimum absolute atomic E-state index is 0.359. The van der Waals surface area contributed by atoms with E-state index in [0.717, 1.165) is 5.56 Å². The fourth-order valence-corrected chi connectivity index (χ4v) is 1.60. The molecule has 3 nitrogen and oxygen atoms in total. The molecular formula is C11H8ClFN2O. The van der Waals surface area contributed by atoms with Crippen LogP contribution < -0.4 is 0 Å². The van der Waals surface area contributed by atoms with Crippen LogP contribution in [-0.2, 0) is 6.54 Å². The maximum absolute atomic E-state index is 12.8. The van der Waals surface area contributed by atoms with E-state index >= 15 is 0 Å². The Hall–Kier alpha value is -1.68. The number of halogens is 2. The smallest absolute Gasteiger partial charge is 0.169 e. The van der Waals surface area contributed by atoms with Gasteiger partial charge in [-0.1, -0.05) is 17.7 Å². The van der Waals surface area contributed by atoms with E-state index in [1.165, 1.54) is 18.5 Å². The minimum atomic E-state index is -0.368. The lowest BCUT2D eigenvalue weighted by molar-refractivity contribution is 0.111. The molecule has 1 heterocycles. The molecule has 1 aromatic carbocycles. The Kier molecular flexibility index (Phi) is 3.01. The predicted molar refractivity (Wildman–Crippen MR) is 58.1 cm³/mol. The minimum Gasteiger partial charge on any atom is -0.332 e. The fourth-order valence-electron chi connectivity index (χ4n) is 1.37. The Morgan fingerprint density at radius 2 is 2.31 bits per heavy atom. The number of imidazole rings is 1. The van der Waals surface area contributed by atoms with Crippen molar-refractivity contribution in [3.63, 3.8) is 0 Å². The van der Waals surface area contributed by atoms with Crippen LogP contribution in [0.2, 0.25) is 5.02 Å². The zero-order valence-electron chi connectivity index (χ0n) is 8.23. The van der Waals surface area contributed by atoms with Gasteiger partial charge < -0.3 is 4.57 Å². The first kappa shape index (κ1) is 10.8. The molecule has 0 saturated carbocycles. The topological polar surface area (TPSA) is 34.9 Å². The van der Waals surface area contributed by atoms with Crippen LogP contribution in [0.25, 0.3) is 0 Å². The lowest BCUT2D eigenvalue weighted by Crippen LogP contribution is -1.97. The van der Waals surface area contributed by atoms with E-state index < -0.39 is 0 Å². The molecule has 0 atom stereocenters. The fraction of sp³-hybridized carbons (Fsp3) is 0.0909. The summed E-state index contributed by atoms with van der Waals surface area (Å²) in [6.45, 7) is 0.458. The van der Waals surface area contributed by atoms with Gasteiger partial charge in [-0.05, 0) is 17.7 Å². The van der Waals surface area contributed by atoms with Gasteiger partial charge in [0.25, 0.3) is 0 Å². The molecule has 0 saturated heterocycles. The average Bonchev–Trinajstić information content (AvgIpc) is 2.70. The van der Waals surface area contributed by atoms with Crippen molar-refractivity contribution in [3.8, 4) is 0 Å². The van der Waals surface area contributed by atoms with Gasteiger partial charge in [0.05, 0.1) is 6.33 Å². The van der Waals surface area contributed by atoms with Gasteiger partial charge in [-0.3, -0.25) is 4.79 Å². The molecule has 0 unspecified atom stereocenters. The van der Waals surface area contributed by atoms with Crippen LogP contribution >= 0.6 is 11.6 Å². The van der Waals surface area contributed by atoms with E-state index in [9.17, 15) is 9.18 Å². The highest BCUT2D eigenvalue weighted by molar-refractivity contribution is 6.31. The molecule has 16 heavy (non-hydrogen) atoms. The second-order valence-electron chi connectivity index (χ2n) is 3.32. The van der Waals surface area contributed by atoms with Gasteiger partial charge in [0.2, 0.25) is 0 Å². The Labute approximate surface area is 96.5 Å². The van der Waals surface area contributed by atoms with Gasteiger partial charge in [-0.15, -0.1) is 0 Å². The third-order valence-electron chi connectivity index (χ3n) is 2.14. The molecule has 0 spiro atoms. The molecule has 82 valence electrons. The summed E-state index contributed by atoms with van der Waals surface area (Å²) in [4.78, 5) is 14.3. The molecule has 0 fully saturated rings. The van der Waals surface area contributed by atoms with Crippen molar-refractivity contribution in [2.45, 2.75) is 6.54 Å². The summed E-state index contributed by atoms with van der Waals surface area (Å²) in [7, 11) is 0. The zero-order valence-corrected chi connectivity index (χ0v) is 8.99. The number of hydrogen-bond acceptors (Lipinski definition) is 2. The average molecular weight is 239 g/mol. The molecule has 2 rings (SSSR count). The quantitative estimate of drug-likeness (QED) is 0.771. The van der Waals surface area contributed by atoms with Gasteiger partial charge in [0.15, 0.2) is 6.29 Å².